The first kappa shape index (κ1) is 22.7. The van der Waals surface area contributed by atoms with Gasteiger partial charge in [-0.3, -0.25) is 0 Å². The number of sulfone groups is 2. The van der Waals surface area contributed by atoms with Gasteiger partial charge in [-0.15, -0.1) is 0 Å². The molecule has 2 aromatic carbocycles. The molecule has 0 aliphatic heterocycles. The molecule has 1 saturated carbocycles. The van der Waals surface area contributed by atoms with E-state index in [1.165, 1.54) is 0 Å². The summed E-state index contributed by atoms with van der Waals surface area (Å²) in [6, 6.07) is 16.5. The molecule has 1 N–H and O–H groups in total. The molecule has 0 aromatic heterocycles. The molecule has 5 nitrogen and oxygen atoms in total. The molecule has 3 rings (SSSR count). The Kier molecular flexibility index (Phi) is 7.50. The molecule has 1 atom stereocenters. The smallest absolute Gasteiger partial charge is 0.178 e. The highest BCUT2D eigenvalue weighted by Gasteiger charge is 2.24. The lowest BCUT2D eigenvalue weighted by atomic mass is 9.87. The van der Waals surface area contributed by atoms with Crippen LogP contribution in [0.15, 0.2) is 81.6 Å². The Morgan fingerprint density at radius 3 is 1.67 bits per heavy atom. The zero-order valence-corrected chi connectivity index (χ0v) is 18.5. The van der Waals surface area contributed by atoms with E-state index in [9.17, 15) is 21.9 Å². The van der Waals surface area contributed by atoms with Gasteiger partial charge in [0.15, 0.2) is 19.7 Å². The van der Waals surface area contributed by atoms with E-state index in [1.807, 2.05) is 0 Å². The van der Waals surface area contributed by atoms with Crippen molar-refractivity contribution < 1.29 is 21.9 Å². The highest BCUT2D eigenvalue weighted by molar-refractivity contribution is 7.91. The molecule has 0 spiro atoms. The summed E-state index contributed by atoms with van der Waals surface area (Å²) in [6.45, 7) is 0. The summed E-state index contributed by atoms with van der Waals surface area (Å²) in [5, 5.41) is 10.5. The fourth-order valence-corrected chi connectivity index (χ4v) is 6.50. The third kappa shape index (κ3) is 5.80. The SMILES string of the molecule is O=S(=O)(CCC(CCS(=O)(=O)c1ccccc1)=C1CCCCC1O)c1ccccc1. The Morgan fingerprint density at radius 1 is 0.767 bits per heavy atom. The van der Waals surface area contributed by atoms with Gasteiger partial charge in [0.05, 0.1) is 27.4 Å². The third-order valence-corrected chi connectivity index (χ3v) is 9.04. The number of hydrogen-bond donors (Lipinski definition) is 1. The molecule has 1 fully saturated rings. The number of hydrogen-bond acceptors (Lipinski definition) is 5. The molecule has 0 radical (unpaired) electrons. The van der Waals surface area contributed by atoms with Gasteiger partial charge in [-0.05, 0) is 61.9 Å². The largest absolute Gasteiger partial charge is 0.389 e. The summed E-state index contributed by atoms with van der Waals surface area (Å²) in [4.78, 5) is 0.519. The van der Waals surface area contributed by atoms with Crippen molar-refractivity contribution in [3.63, 3.8) is 0 Å². The maximum Gasteiger partial charge on any atom is 0.178 e. The van der Waals surface area contributed by atoms with Gasteiger partial charge in [0.25, 0.3) is 0 Å². The zero-order valence-electron chi connectivity index (χ0n) is 16.9. The van der Waals surface area contributed by atoms with Gasteiger partial charge in [0.2, 0.25) is 0 Å². The van der Waals surface area contributed by atoms with Gasteiger partial charge in [-0.2, -0.15) is 0 Å². The van der Waals surface area contributed by atoms with Crippen molar-refractivity contribution in [1.82, 2.24) is 0 Å². The third-order valence-electron chi connectivity index (χ3n) is 5.58. The summed E-state index contributed by atoms with van der Waals surface area (Å²) >= 11 is 0. The molecule has 1 aliphatic carbocycles. The Hall–Kier alpha value is -1.96. The van der Waals surface area contributed by atoms with Crippen LogP contribution in [-0.2, 0) is 19.7 Å². The fourth-order valence-electron chi connectivity index (χ4n) is 3.86. The van der Waals surface area contributed by atoms with E-state index in [0.29, 0.717) is 12.8 Å². The van der Waals surface area contributed by atoms with Crippen LogP contribution < -0.4 is 0 Å². The summed E-state index contributed by atoms with van der Waals surface area (Å²) in [5.74, 6) is -0.206. The molecule has 1 unspecified atom stereocenters. The van der Waals surface area contributed by atoms with Crippen LogP contribution >= 0.6 is 0 Å². The van der Waals surface area contributed by atoms with E-state index >= 15 is 0 Å². The van der Waals surface area contributed by atoms with Gasteiger partial charge < -0.3 is 5.11 Å². The Balaban J connectivity index is 1.81. The molecule has 0 saturated heterocycles. The van der Waals surface area contributed by atoms with E-state index < -0.39 is 25.8 Å². The number of allylic oxidation sites excluding steroid dienone is 1. The first-order chi connectivity index (χ1) is 14.3. The topological polar surface area (TPSA) is 88.5 Å². The van der Waals surface area contributed by atoms with Gasteiger partial charge in [0, 0.05) is 0 Å². The second kappa shape index (κ2) is 9.90. The highest BCUT2D eigenvalue weighted by atomic mass is 32.2. The van der Waals surface area contributed by atoms with Gasteiger partial charge >= 0.3 is 0 Å². The second-order valence-corrected chi connectivity index (χ2v) is 11.9. The lowest BCUT2D eigenvalue weighted by Gasteiger charge is -2.25. The molecule has 1 aliphatic rings. The van der Waals surface area contributed by atoms with Crippen molar-refractivity contribution in [2.45, 2.75) is 54.4 Å². The average Bonchev–Trinajstić information content (AvgIpc) is 2.76. The van der Waals surface area contributed by atoms with Gasteiger partial charge in [-0.1, -0.05) is 48.4 Å². The first-order valence-electron chi connectivity index (χ1n) is 10.2. The predicted molar refractivity (Wildman–Crippen MR) is 118 cm³/mol. The molecular formula is C23H28O5S2. The molecule has 0 amide bonds. The van der Waals surface area contributed by atoms with Crippen molar-refractivity contribution in [3.05, 3.63) is 71.8 Å². The van der Waals surface area contributed by atoms with Crippen LogP contribution in [0, 0.1) is 0 Å². The van der Waals surface area contributed by atoms with Crippen molar-refractivity contribution >= 4 is 19.7 Å². The minimum Gasteiger partial charge on any atom is -0.389 e. The monoisotopic (exact) mass is 448 g/mol. The van der Waals surface area contributed by atoms with Crippen molar-refractivity contribution in [2.24, 2.45) is 0 Å². The first-order valence-corrected chi connectivity index (χ1v) is 13.5. The van der Waals surface area contributed by atoms with Crippen molar-refractivity contribution in [3.8, 4) is 0 Å². The Labute approximate surface area is 179 Å². The maximum atomic E-state index is 12.7. The van der Waals surface area contributed by atoms with Crippen molar-refractivity contribution in [2.75, 3.05) is 11.5 Å². The van der Waals surface area contributed by atoms with Crippen LogP contribution in [0.1, 0.15) is 38.5 Å². The zero-order chi connectivity index (χ0) is 21.6. The molecular weight excluding hydrogens is 420 g/mol. The fraction of sp³-hybridized carbons (Fsp3) is 0.391. The van der Waals surface area contributed by atoms with E-state index in [1.54, 1.807) is 60.7 Å². The number of aliphatic hydroxyl groups excluding tert-OH is 1. The maximum absolute atomic E-state index is 12.7. The molecule has 2 aromatic rings. The lowest BCUT2D eigenvalue weighted by Crippen LogP contribution is -2.20. The number of rotatable bonds is 8. The molecule has 0 bridgehead atoms. The normalized spacial score (nSPS) is 17.6. The predicted octanol–water partition coefficient (Wildman–Crippen LogP) is 3.95. The van der Waals surface area contributed by atoms with E-state index in [0.717, 1.165) is 24.0 Å². The molecule has 0 heterocycles. The van der Waals surface area contributed by atoms with Crippen LogP contribution in [-0.4, -0.2) is 39.6 Å². The lowest BCUT2D eigenvalue weighted by molar-refractivity contribution is 0.176. The summed E-state index contributed by atoms with van der Waals surface area (Å²) in [7, 11) is -6.97. The minimum absolute atomic E-state index is 0.103. The number of aliphatic hydroxyl groups is 1. The van der Waals surface area contributed by atoms with E-state index in [2.05, 4.69) is 0 Å². The molecule has 7 heteroatoms. The molecule has 30 heavy (non-hydrogen) atoms. The van der Waals surface area contributed by atoms with Gasteiger partial charge in [0.1, 0.15) is 0 Å². The second-order valence-electron chi connectivity index (χ2n) is 7.65. The quantitative estimate of drug-likeness (QED) is 0.618. The van der Waals surface area contributed by atoms with E-state index in [-0.39, 0.29) is 34.1 Å². The van der Waals surface area contributed by atoms with Crippen LogP contribution in [0.25, 0.3) is 0 Å². The molecule has 162 valence electrons. The van der Waals surface area contributed by atoms with Gasteiger partial charge in [-0.25, -0.2) is 16.8 Å². The minimum atomic E-state index is -3.48. The van der Waals surface area contributed by atoms with Crippen LogP contribution in [0.5, 0.6) is 0 Å². The average molecular weight is 449 g/mol. The van der Waals surface area contributed by atoms with Crippen LogP contribution in [0.2, 0.25) is 0 Å². The summed E-state index contributed by atoms with van der Waals surface area (Å²) < 4.78 is 50.9. The van der Waals surface area contributed by atoms with Crippen LogP contribution in [0.4, 0.5) is 0 Å². The highest BCUT2D eigenvalue weighted by Crippen LogP contribution is 2.30. The summed E-state index contributed by atoms with van der Waals surface area (Å²) in [5.41, 5.74) is 1.59. The summed E-state index contributed by atoms with van der Waals surface area (Å²) in [6.07, 6.45) is 3.01. The van der Waals surface area contributed by atoms with E-state index in [4.69, 9.17) is 0 Å². The Morgan fingerprint density at radius 2 is 1.23 bits per heavy atom. The van der Waals surface area contributed by atoms with Crippen LogP contribution in [0.3, 0.4) is 0 Å². The standard InChI is InChI=1S/C23H28O5S2/c24-23-14-8-7-13-22(23)19(15-17-29(25,26)20-9-3-1-4-10-20)16-18-30(27,28)21-11-5-2-6-12-21/h1-6,9-12,23-24H,7-8,13-18H2. The van der Waals surface area contributed by atoms with Crippen molar-refractivity contribution in [1.29, 1.82) is 0 Å². The number of benzene rings is 2. The Bertz CT molecular complexity index is 997.